The maximum Gasteiger partial charge on any atom is 0.338 e. The van der Waals surface area contributed by atoms with Gasteiger partial charge in [-0.15, -0.1) is 0 Å². The van der Waals surface area contributed by atoms with Crippen molar-refractivity contribution in [2.45, 2.75) is 20.8 Å². The lowest BCUT2D eigenvalue weighted by atomic mass is 10.1. The van der Waals surface area contributed by atoms with Crippen molar-refractivity contribution in [1.82, 2.24) is 9.47 Å². The third kappa shape index (κ3) is 3.66. The van der Waals surface area contributed by atoms with Crippen LogP contribution in [0.15, 0.2) is 60.2 Å². The first kappa shape index (κ1) is 22.0. The van der Waals surface area contributed by atoms with Crippen LogP contribution in [0.2, 0.25) is 0 Å². The van der Waals surface area contributed by atoms with E-state index in [0.29, 0.717) is 5.69 Å². The molecule has 2 aromatic carbocycles. The van der Waals surface area contributed by atoms with Crippen molar-refractivity contribution >= 4 is 52.2 Å². The van der Waals surface area contributed by atoms with Crippen molar-refractivity contribution in [1.29, 1.82) is 0 Å². The molecule has 1 aliphatic heterocycles. The summed E-state index contributed by atoms with van der Waals surface area (Å²) >= 11 is 2.30. The first-order valence-electron chi connectivity index (χ1n) is 10.1. The molecule has 1 aliphatic rings. The Hall–Kier alpha value is -3.20. The second-order valence-corrected chi connectivity index (χ2v) is 8.94. The standard InChI is InChI=1S/C25H22IN3O3/c1-15-12-20(10-11-22(15)26)28-16(2)13-18(17(28)3)14-21-23(30)27(4)25(32)29(24(21)31)19-8-6-5-7-9-19/h5-14H,1-4H3/b21-14-. The van der Waals surface area contributed by atoms with Crippen LogP contribution in [-0.4, -0.2) is 34.4 Å². The number of urea groups is 1. The number of hydrogen-bond acceptors (Lipinski definition) is 3. The topological polar surface area (TPSA) is 62.6 Å². The molecular formula is C25H22IN3O3. The predicted molar refractivity (Wildman–Crippen MR) is 133 cm³/mol. The van der Waals surface area contributed by atoms with Gasteiger partial charge in [-0.25, -0.2) is 9.69 Å². The number of rotatable bonds is 3. The molecule has 3 aromatic rings. The van der Waals surface area contributed by atoms with Crippen LogP contribution in [0.1, 0.15) is 22.5 Å². The van der Waals surface area contributed by atoms with Gasteiger partial charge in [0, 0.05) is 27.7 Å². The van der Waals surface area contributed by atoms with Gasteiger partial charge in [0.15, 0.2) is 0 Å². The summed E-state index contributed by atoms with van der Waals surface area (Å²) in [5.41, 5.74) is 5.21. The van der Waals surface area contributed by atoms with E-state index in [0.717, 1.165) is 32.4 Å². The highest BCUT2D eigenvalue weighted by Gasteiger charge is 2.41. The zero-order valence-corrected chi connectivity index (χ0v) is 20.4. The molecule has 7 heteroatoms. The number of barbiturate groups is 1. The van der Waals surface area contributed by atoms with Crippen molar-refractivity contribution in [2.24, 2.45) is 0 Å². The number of carbonyl (C=O) groups is 3. The van der Waals surface area contributed by atoms with Gasteiger partial charge in [-0.05, 0) is 97.0 Å². The zero-order valence-electron chi connectivity index (χ0n) is 18.2. The molecule has 4 rings (SSSR count). The highest BCUT2D eigenvalue weighted by atomic mass is 127. The Morgan fingerprint density at radius 2 is 1.53 bits per heavy atom. The largest absolute Gasteiger partial charge is 0.338 e. The van der Waals surface area contributed by atoms with E-state index < -0.39 is 17.8 Å². The summed E-state index contributed by atoms with van der Waals surface area (Å²) in [7, 11) is 1.39. The van der Waals surface area contributed by atoms with Crippen molar-refractivity contribution < 1.29 is 14.4 Å². The van der Waals surface area contributed by atoms with E-state index >= 15 is 0 Å². The average molecular weight is 539 g/mol. The van der Waals surface area contributed by atoms with E-state index in [-0.39, 0.29) is 5.57 Å². The Morgan fingerprint density at radius 1 is 0.844 bits per heavy atom. The normalized spacial score (nSPS) is 15.8. The van der Waals surface area contributed by atoms with Crippen LogP contribution in [0, 0.1) is 24.3 Å². The molecule has 1 saturated heterocycles. The number of nitrogens with zero attached hydrogens (tertiary/aromatic N) is 3. The Labute approximate surface area is 200 Å². The maximum absolute atomic E-state index is 13.2. The van der Waals surface area contributed by atoms with Gasteiger partial charge < -0.3 is 4.57 Å². The molecule has 0 aliphatic carbocycles. The van der Waals surface area contributed by atoms with Crippen molar-refractivity contribution in [3.05, 3.63) is 86.3 Å². The number of aromatic nitrogens is 1. The van der Waals surface area contributed by atoms with Gasteiger partial charge in [-0.3, -0.25) is 14.5 Å². The van der Waals surface area contributed by atoms with E-state index in [4.69, 9.17) is 0 Å². The monoisotopic (exact) mass is 539 g/mol. The number of imide groups is 2. The number of benzene rings is 2. The Morgan fingerprint density at radius 3 is 2.19 bits per heavy atom. The summed E-state index contributed by atoms with van der Waals surface area (Å²) in [6.07, 6.45) is 1.59. The van der Waals surface area contributed by atoms with Crippen molar-refractivity contribution in [2.75, 3.05) is 11.9 Å². The molecule has 0 radical (unpaired) electrons. The Balaban J connectivity index is 1.80. The van der Waals surface area contributed by atoms with E-state index in [1.54, 1.807) is 36.4 Å². The Bertz CT molecular complexity index is 1290. The van der Waals surface area contributed by atoms with Crippen LogP contribution in [0.4, 0.5) is 10.5 Å². The number of para-hydroxylation sites is 1. The summed E-state index contributed by atoms with van der Waals surface area (Å²) in [6, 6.07) is 16.1. The van der Waals surface area contributed by atoms with Gasteiger partial charge in [0.1, 0.15) is 5.57 Å². The number of anilines is 1. The molecule has 0 saturated carbocycles. The fourth-order valence-corrected chi connectivity index (χ4v) is 4.23. The van der Waals surface area contributed by atoms with Crippen LogP contribution in [0.25, 0.3) is 11.8 Å². The first-order valence-corrected chi connectivity index (χ1v) is 11.2. The lowest BCUT2D eigenvalue weighted by Crippen LogP contribution is -2.55. The van der Waals surface area contributed by atoms with Gasteiger partial charge >= 0.3 is 6.03 Å². The third-order valence-electron chi connectivity index (χ3n) is 5.63. The molecule has 0 unspecified atom stereocenters. The molecule has 1 fully saturated rings. The molecule has 162 valence electrons. The van der Waals surface area contributed by atoms with Gasteiger partial charge in [-0.2, -0.15) is 0 Å². The summed E-state index contributed by atoms with van der Waals surface area (Å²) in [4.78, 5) is 40.8. The quantitative estimate of drug-likeness (QED) is 0.267. The van der Waals surface area contributed by atoms with Crippen LogP contribution in [0.3, 0.4) is 0 Å². The minimum Gasteiger partial charge on any atom is -0.318 e. The zero-order chi connectivity index (χ0) is 23.2. The maximum atomic E-state index is 13.2. The van der Waals surface area contributed by atoms with Crippen LogP contribution in [0.5, 0.6) is 0 Å². The first-order chi connectivity index (χ1) is 15.2. The minimum absolute atomic E-state index is 0.0463. The fourth-order valence-electron chi connectivity index (χ4n) is 3.90. The number of carbonyl (C=O) groups excluding carboxylic acids is 3. The average Bonchev–Trinajstić information content (AvgIpc) is 3.05. The number of aryl methyl sites for hydroxylation is 2. The molecule has 0 bridgehead atoms. The second-order valence-electron chi connectivity index (χ2n) is 7.78. The SMILES string of the molecule is Cc1cc(-n2c(C)cc(/C=C3/C(=O)N(C)C(=O)N(c4ccccc4)C3=O)c2C)ccc1I. The van der Waals surface area contributed by atoms with Gasteiger partial charge in [0.05, 0.1) is 5.69 Å². The molecule has 0 spiro atoms. The smallest absolute Gasteiger partial charge is 0.318 e. The number of hydrogen-bond donors (Lipinski definition) is 0. The highest BCUT2D eigenvalue weighted by Crippen LogP contribution is 2.28. The summed E-state index contributed by atoms with van der Waals surface area (Å²) in [5, 5.41) is 0. The molecule has 1 aromatic heterocycles. The van der Waals surface area contributed by atoms with E-state index in [1.807, 2.05) is 26.0 Å². The summed E-state index contributed by atoms with van der Waals surface area (Å²) in [5.74, 6) is -1.23. The van der Waals surface area contributed by atoms with Gasteiger partial charge in [0.2, 0.25) is 0 Å². The number of halogens is 1. The van der Waals surface area contributed by atoms with Crippen LogP contribution >= 0.6 is 22.6 Å². The van der Waals surface area contributed by atoms with Gasteiger partial charge in [-0.1, -0.05) is 18.2 Å². The second kappa shape index (κ2) is 8.38. The fraction of sp³-hybridized carbons (Fsp3) is 0.160. The van der Waals surface area contributed by atoms with Crippen LogP contribution in [-0.2, 0) is 9.59 Å². The molecule has 2 heterocycles. The van der Waals surface area contributed by atoms with Crippen molar-refractivity contribution in [3.8, 4) is 5.69 Å². The molecule has 32 heavy (non-hydrogen) atoms. The molecule has 4 amide bonds. The minimum atomic E-state index is -0.664. The Kier molecular flexibility index (Phi) is 5.77. The lowest BCUT2D eigenvalue weighted by molar-refractivity contribution is -0.128. The lowest BCUT2D eigenvalue weighted by Gasteiger charge is -2.31. The summed E-state index contributed by atoms with van der Waals surface area (Å²) < 4.78 is 3.28. The summed E-state index contributed by atoms with van der Waals surface area (Å²) in [6.45, 7) is 6.00. The van der Waals surface area contributed by atoms with E-state index in [1.165, 1.54) is 16.2 Å². The number of amides is 4. The highest BCUT2D eigenvalue weighted by molar-refractivity contribution is 14.1. The van der Waals surface area contributed by atoms with Crippen LogP contribution < -0.4 is 4.90 Å². The molecule has 0 N–H and O–H groups in total. The van der Waals surface area contributed by atoms with Gasteiger partial charge in [0.25, 0.3) is 11.8 Å². The predicted octanol–water partition coefficient (Wildman–Crippen LogP) is 5.02. The number of likely N-dealkylation sites (N-methyl/N-ethyl adjacent to an activating group) is 1. The van der Waals surface area contributed by atoms with E-state index in [9.17, 15) is 14.4 Å². The molecular weight excluding hydrogens is 517 g/mol. The molecule has 6 nitrogen and oxygen atoms in total. The third-order valence-corrected chi connectivity index (χ3v) is 6.84. The molecule has 0 atom stereocenters. The van der Waals surface area contributed by atoms with E-state index in [2.05, 4.69) is 46.2 Å². The van der Waals surface area contributed by atoms with Crippen molar-refractivity contribution in [3.63, 3.8) is 0 Å².